The Morgan fingerprint density at radius 3 is 2.31 bits per heavy atom. The van der Waals surface area contributed by atoms with Crippen LogP contribution in [-0.2, 0) is 9.47 Å². The molecular weight excluding hydrogens is 372 g/mol. The van der Waals surface area contributed by atoms with E-state index in [1.54, 1.807) is 4.90 Å². The zero-order chi connectivity index (χ0) is 21.1. The van der Waals surface area contributed by atoms with Gasteiger partial charge in [0, 0.05) is 58.9 Å². The van der Waals surface area contributed by atoms with Gasteiger partial charge in [0.2, 0.25) is 0 Å². The van der Waals surface area contributed by atoms with Crippen molar-refractivity contribution in [2.45, 2.75) is 39.2 Å². The molecule has 168 valence electrons. The summed E-state index contributed by atoms with van der Waals surface area (Å²) in [7, 11) is 0. The van der Waals surface area contributed by atoms with E-state index in [2.05, 4.69) is 20.1 Å². The first kappa shape index (κ1) is 23.7. The predicted octanol–water partition coefficient (Wildman–Crippen LogP) is 0.556. The summed E-state index contributed by atoms with van der Waals surface area (Å²) in [6.07, 6.45) is 1.80. The predicted molar refractivity (Wildman–Crippen MR) is 115 cm³/mol. The molecule has 0 aromatic heterocycles. The Bertz CT molecular complexity index is 509. The fraction of sp³-hybridized carbons (Fsp3) is 0.900. The summed E-state index contributed by atoms with van der Waals surface area (Å²) < 4.78 is 10.8. The number of carbonyl (C=O) groups is 1. The first-order valence-electron chi connectivity index (χ1n) is 10.9. The van der Waals surface area contributed by atoms with E-state index in [0.717, 1.165) is 91.5 Å². The molecule has 2 fully saturated rings. The van der Waals surface area contributed by atoms with Crippen molar-refractivity contribution in [3.8, 4) is 0 Å². The fourth-order valence-corrected chi connectivity index (χ4v) is 3.37. The number of aliphatic imine (C=N–C) groups is 1. The molecule has 3 N–H and O–H groups in total. The van der Waals surface area contributed by atoms with Gasteiger partial charge < -0.3 is 25.4 Å². The summed E-state index contributed by atoms with van der Waals surface area (Å²) in [5, 5.41) is 3.20. The molecule has 2 aliphatic rings. The summed E-state index contributed by atoms with van der Waals surface area (Å²) in [6.45, 7) is 16.2. The topological polar surface area (TPSA) is 95.7 Å². The number of piperazine rings is 1. The van der Waals surface area contributed by atoms with Crippen LogP contribution in [0.4, 0.5) is 4.79 Å². The second-order valence-electron chi connectivity index (χ2n) is 8.66. The molecule has 9 heteroatoms. The van der Waals surface area contributed by atoms with E-state index in [0.29, 0.717) is 5.96 Å². The van der Waals surface area contributed by atoms with Crippen LogP contribution in [0.5, 0.6) is 0 Å². The van der Waals surface area contributed by atoms with Gasteiger partial charge in [0.1, 0.15) is 5.60 Å². The Labute approximate surface area is 175 Å². The number of rotatable bonds is 8. The van der Waals surface area contributed by atoms with E-state index in [4.69, 9.17) is 15.2 Å². The Morgan fingerprint density at radius 1 is 1.03 bits per heavy atom. The molecule has 0 bridgehead atoms. The van der Waals surface area contributed by atoms with Gasteiger partial charge in [-0.25, -0.2) is 4.79 Å². The first-order valence-corrected chi connectivity index (χ1v) is 10.9. The highest BCUT2D eigenvalue weighted by molar-refractivity contribution is 5.77. The summed E-state index contributed by atoms with van der Waals surface area (Å²) >= 11 is 0. The van der Waals surface area contributed by atoms with E-state index in [1.165, 1.54) is 0 Å². The molecular formula is C20H40N6O3. The number of nitrogens with zero attached hydrogens (tertiary/aromatic N) is 4. The van der Waals surface area contributed by atoms with Gasteiger partial charge in [-0.3, -0.25) is 14.8 Å². The lowest BCUT2D eigenvalue weighted by Gasteiger charge is -2.35. The summed E-state index contributed by atoms with van der Waals surface area (Å²) in [6, 6.07) is 0. The number of morpholine rings is 1. The van der Waals surface area contributed by atoms with E-state index < -0.39 is 5.60 Å². The maximum Gasteiger partial charge on any atom is 0.410 e. The SMILES string of the molecule is CC(C)(C)OC(=O)N1CCN(CCCNC(N)=NCCCN2CCOCC2)CC1. The van der Waals surface area contributed by atoms with Gasteiger partial charge in [0.05, 0.1) is 13.2 Å². The molecule has 0 aliphatic carbocycles. The monoisotopic (exact) mass is 412 g/mol. The second kappa shape index (κ2) is 12.2. The highest BCUT2D eigenvalue weighted by Gasteiger charge is 2.25. The third kappa shape index (κ3) is 10.1. The van der Waals surface area contributed by atoms with Crippen LogP contribution in [-0.4, -0.2) is 111 Å². The molecule has 0 radical (unpaired) electrons. The Morgan fingerprint density at radius 2 is 1.66 bits per heavy atom. The number of ether oxygens (including phenoxy) is 2. The lowest BCUT2D eigenvalue weighted by atomic mass is 10.2. The van der Waals surface area contributed by atoms with Crippen molar-refractivity contribution < 1.29 is 14.3 Å². The van der Waals surface area contributed by atoms with Gasteiger partial charge in [-0.2, -0.15) is 0 Å². The Balaban J connectivity index is 1.49. The standard InChI is InChI=1S/C20H40N6O3/c1-20(2,3)29-19(27)26-12-10-24(11-13-26)8-4-6-22-18(21)23-7-5-9-25-14-16-28-17-15-25/h4-17H2,1-3H3,(H3,21,22,23). The van der Waals surface area contributed by atoms with Gasteiger partial charge in [0.25, 0.3) is 0 Å². The molecule has 2 saturated heterocycles. The summed E-state index contributed by atoms with van der Waals surface area (Å²) in [5.74, 6) is 0.529. The number of hydrogen-bond acceptors (Lipinski definition) is 6. The van der Waals surface area contributed by atoms with Crippen LogP contribution >= 0.6 is 0 Å². The zero-order valence-electron chi connectivity index (χ0n) is 18.5. The minimum absolute atomic E-state index is 0.212. The summed E-state index contributed by atoms with van der Waals surface area (Å²) in [5.41, 5.74) is 5.51. The van der Waals surface area contributed by atoms with Crippen molar-refractivity contribution in [2.24, 2.45) is 10.7 Å². The van der Waals surface area contributed by atoms with Crippen molar-refractivity contribution >= 4 is 12.1 Å². The first-order chi connectivity index (χ1) is 13.8. The third-order valence-corrected chi connectivity index (χ3v) is 5.00. The number of amides is 1. The van der Waals surface area contributed by atoms with Crippen LogP contribution in [0.1, 0.15) is 33.6 Å². The fourth-order valence-electron chi connectivity index (χ4n) is 3.37. The van der Waals surface area contributed by atoms with E-state index >= 15 is 0 Å². The van der Waals surface area contributed by atoms with Crippen LogP contribution in [0.3, 0.4) is 0 Å². The van der Waals surface area contributed by atoms with Crippen LogP contribution in [0.15, 0.2) is 4.99 Å². The molecule has 29 heavy (non-hydrogen) atoms. The maximum absolute atomic E-state index is 12.1. The molecule has 2 heterocycles. The average Bonchev–Trinajstić information content (AvgIpc) is 2.68. The molecule has 0 atom stereocenters. The number of carbonyl (C=O) groups excluding carboxylic acids is 1. The minimum Gasteiger partial charge on any atom is -0.444 e. The van der Waals surface area contributed by atoms with Crippen molar-refractivity contribution in [2.75, 3.05) is 78.7 Å². The van der Waals surface area contributed by atoms with Crippen molar-refractivity contribution in [1.29, 1.82) is 0 Å². The van der Waals surface area contributed by atoms with Gasteiger partial charge in [0.15, 0.2) is 5.96 Å². The lowest BCUT2D eigenvalue weighted by molar-refractivity contribution is 0.0145. The van der Waals surface area contributed by atoms with Gasteiger partial charge >= 0.3 is 6.09 Å². The molecule has 2 aliphatic heterocycles. The Hall–Kier alpha value is -1.58. The quantitative estimate of drug-likeness (QED) is 0.342. The number of hydrogen-bond donors (Lipinski definition) is 2. The summed E-state index contributed by atoms with van der Waals surface area (Å²) in [4.78, 5) is 23.1. The second-order valence-corrected chi connectivity index (χ2v) is 8.66. The number of guanidine groups is 1. The van der Waals surface area contributed by atoms with Gasteiger partial charge in [-0.15, -0.1) is 0 Å². The lowest BCUT2D eigenvalue weighted by Crippen LogP contribution is -2.50. The number of nitrogens with one attached hydrogen (secondary N) is 1. The van der Waals surface area contributed by atoms with E-state index in [9.17, 15) is 4.79 Å². The molecule has 9 nitrogen and oxygen atoms in total. The highest BCUT2D eigenvalue weighted by atomic mass is 16.6. The largest absolute Gasteiger partial charge is 0.444 e. The van der Waals surface area contributed by atoms with Gasteiger partial charge in [-0.05, 0) is 40.2 Å². The molecule has 0 unspecified atom stereocenters. The molecule has 0 saturated carbocycles. The minimum atomic E-state index is -0.441. The molecule has 0 spiro atoms. The van der Waals surface area contributed by atoms with Crippen LogP contribution in [0.2, 0.25) is 0 Å². The van der Waals surface area contributed by atoms with E-state index in [1.807, 2.05) is 20.8 Å². The van der Waals surface area contributed by atoms with Crippen molar-refractivity contribution in [3.63, 3.8) is 0 Å². The zero-order valence-corrected chi connectivity index (χ0v) is 18.5. The molecule has 0 aromatic carbocycles. The molecule has 0 aromatic rings. The normalized spacial score (nSPS) is 20.0. The van der Waals surface area contributed by atoms with Crippen LogP contribution in [0, 0.1) is 0 Å². The van der Waals surface area contributed by atoms with Crippen LogP contribution < -0.4 is 11.1 Å². The maximum atomic E-state index is 12.1. The van der Waals surface area contributed by atoms with Crippen LogP contribution in [0.25, 0.3) is 0 Å². The molecule has 1 amide bonds. The van der Waals surface area contributed by atoms with Crippen molar-refractivity contribution in [1.82, 2.24) is 20.0 Å². The third-order valence-electron chi connectivity index (χ3n) is 5.00. The van der Waals surface area contributed by atoms with E-state index in [-0.39, 0.29) is 6.09 Å². The molecule has 2 rings (SSSR count). The Kier molecular flexibility index (Phi) is 9.96. The average molecular weight is 413 g/mol. The number of nitrogens with two attached hydrogens (primary N) is 1. The smallest absolute Gasteiger partial charge is 0.410 e. The highest BCUT2D eigenvalue weighted by Crippen LogP contribution is 2.11. The van der Waals surface area contributed by atoms with Gasteiger partial charge in [-0.1, -0.05) is 0 Å². The van der Waals surface area contributed by atoms with Crippen molar-refractivity contribution in [3.05, 3.63) is 0 Å².